The third kappa shape index (κ3) is 2.06. The van der Waals surface area contributed by atoms with Crippen LogP contribution in [0.25, 0.3) is 0 Å². The molecule has 0 aromatic carbocycles. The van der Waals surface area contributed by atoms with E-state index in [0.29, 0.717) is 6.42 Å². The zero-order valence-corrected chi connectivity index (χ0v) is 20.6. The topological polar surface area (TPSA) is 88.1 Å². The number of carbonyl (C=O) groups excluding carboxylic acids is 3. The Labute approximate surface area is 184 Å². The van der Waals surface area contributed by atoms with E-state index < -0.39 is 54.0 Å². The third-order valence-electron chi connectivity index (χ3n) is 9.48. The predicted octanol–water partition coefficient (Wildman–Crippen LogP) is 3.52. The van der Waals surface area contributed by atoms with Crippen molar-refractivity contribution >= 4 is 26.5 Å². The van der Waals surface area contributed by atoms with Crippen LogP contribution in [-0.4, -0.2) is 50.6 Å². The van der Waals surface area contributed by atoms with Crippen LogP contribution in [-0.2, 0) is 33.0 Å². The highest BCUT2D eigenvalue weighted by Gasteiger charge is 2.97. The second kappa shape index (κ2) is 6.51. The number of hydrogen-bond donors (Lipinski definition) is 0. The van der Waals surface area contributed by atoms with Crippen LogP contribution in [0.15, 0.2) is 11.6 Å². The van der Waals surface area contributed by atoms with Crippen molar-refractivity contribution in [3.8, 4) is 0 Å². The minimum atomic E-state index is -2.31. The number of esters is 2. The summed E-state index contributed by atoms with van der Waals surface area (Å²) in [5, 5.41) is 0. The molecule has 3 heterocycles. The number of cyclic esters (lactones) is 1. The van der Waals surface area contributed by atoms with E-state index in [4.69, 9.17) is 18.6 Å². The van der Waals surface area contributed by atoms with Gasteiger partial charge in [-0.1, -0.05) is 39.3 Å². The molecule has 7 nitrogen and oxygen atoms in total. The summed E-state index contributed by atoms with van der Waals surface area (Å²) in [6.45, 7) is 13.3. The molecule has 172 valence electrons. The first-order valence-corrected chi connectivity index (χ1v) is 13.9. The predicted molar refractivity (Wildman–Crippen MR) is 114 cm³/mol. The number of aldehydes is 1. The van der Waals surface area contributed by atoms with E-state index in [-0.39, 0.29) is 6.61 Å². The van der Waals surface area contributed by atoms with Crippen molar-refractivity contribution in [3.05, 3.63) is 11.6 Å². The average molecular weight is 451 g/mol. The number of ether oxygens (including phenoxy) is 3. The SMILES string of the molecule is CC[Si](CC)(CC)OC1C2(OC(C)=O)O[C@@]3(CC=C(C)C13C=O)[C@]1(C)COC(=O)C21C. The molecule has 4 rings (SSSR count). The molecule has 1 spiro atoms. The summed E-state index contributed by atoms with van der Waals surface area (Å²) in [4.78, 5) is 38.8. The maximum Gasteiger partial charge on any atom is 0.319 e. The van der Waals surface area contributed by atoms with E-state index in [1.807, 2.05) is 19.9 Å². The summed E-state index contributed by atoms with van der Waals surface area (Å²) in [5.74, 6) is -2.77. The molecular formula is C23H34O7Si. The molecule has 0 aromatic heterocycles. The van der Waals surface area contributed by atoms with Crippen molar-refractivity contribution in [2.24, 2.45) is 16.2 Å². The summed E-state index contributed by atoms with van der Waals surface area (Å²) in [6, 6.07) is 2.53. The van der Waals surface area contributed by atoms with E-state index in [1.165, 1.54) is 6.92 Å². The van der Waals surface area contributed by atoms with Crippen LogP contribution < -0.4 is 0 Å². The van der Waals surface area contributed by atoms with E-state index in [9.17, 15) is 14.4 Å². The molecule has 4 aliphatic rings. The quantitative estimate of drug-likeness (QED) is 0.254. The minimum absolute atomic E-state index is 0.104. The van der Waals surface area contributed by atoms with Gasteiger partial charge in [0, 0.05) is 6.92 Å². The maximum absolute atomic E-state index is 13.3. The summed E-state index contributed by atoms with van der Waals surface area (Å²) >= 11 is 0. The molecule has 0 saturated carbocycles. The van der Waals surface area contributed by atoms with Gasteiger partial charge in [-0.05, 0) is 38.4 Å². The third-order valence-corrected chi connectivity index (χ3v) is 14.1. The largest absolute Gasteiger partial charge is 0.464 e. The molecule has 3 aliphatic heterocycles. The Bertz CT molecular complexity index is 873. The second-order valence-electron chi connectivity index (χ2n) is 10.0. The molecule has 2 bridgehead atoms. The highest BCUT2D eigenvalue weighted by Crippen LogP contribution is 2.81. The van der Waals surface area contributed by atoms with Gasteiger partial charge in [0.2, 0.25) is 0 Å². The van der Waals surface area contributed by atoms with Gasteiger partial charge < -0.3 is 23.4 Å². The molecule has 0 aromatic rings. The summed E-state index contributed by atoms with van der Waals surface area (Å²) in [6.07, 6.45) is 2.46. The highest BCUT2D eigenvalue weighted by atomic mass is 28.4. The van der Waals surface area contributed by atoms with Gasteiger partial charge in [0.25, 0.3) is 5.79 Å². The lowest BCUT2D eigenvalue weighted by Crippen LogP contribution is -2.73. The normalized spacial score (nSPS) is 45.2. The maximum atomic E-state index is 13.3. The van der Waals surface area contributed by atoms with Crippen LogP contribution in [0.4, 0.5) is 0 Å². The summed E-state index contributed by atoms with van der Waals surface area (Å²) in [7, 11) is -2.31. The smallest absolute Gasteiger partial charge is 0.319 e. The molecule has 3 saturated heterocycles. The number of fused-ring (bicyclic) bond motifs is 3. The Morgan fingerprint density at radius 2 is 1.87 bits per heavy atom. The molecular weight excluding hydrogens is 416 g/mol. The molecule has 0 amide bonds. The van der Waals surface area contributed by atoms with Crippen molar-refractivity contribution in [1.29, 1.82) is 0 Å². The van der Waals surface area contributed by atoms with Crippen molar-refractivity contribution in [2.75, 3.05) is 6.61 Å². The molecule has 31 heavy (non-hydrogen) atoms. The van der Waals surface area contributed by atoms with Crippen LogP contribution in [0.5, 0.6) is 0 Å². The Hall–Kier alpha value is -1.51. The lowest BCUT2D eigenvalue weighted by Gasteiger charge is -2.56. The Morgan fingerprint density at radius 1 is 1.26 bits per heavy atom. The van der Waals surface area contributed by atoms with Gasteiger partial charge in [-0.25, -0.2) is 0 Å². The minimum Gasteiger partial charge on any atom is -0.464 e. The van der Waals surface area contributed by atoms with Gasteiger partial charge >= 0.3 is 11.9 Å². The zero-order valence-electron chi connectivity index (χ0n) is 19.6. The Balaban J connectivity index is 2.05. The molecule has 3 fully saturated rings. The van der Waals surface area contributed by atoms with E-state index in [0.717, 1.165) is 30.0 Å². The lowest BCUT2D eigenvalue weighted by atomic mass is 9.44. The number of rotatable bonds is 7. The number of hydrogen-bond acceptors (Lipinski definition) is 7. The zero-order chi connectivity index (χ0) is 23.1. The van der Waals surface area contributed by atoms with E-state index in [1.54, 1.807) is 6.92 Å². The van der Waals surface area contributed by atoms with Gasteiger partial charge in [0.1, 0.15) is 35.4 Å². The molecule has 0 radical (unpaired) electrons. The van der Waals surface area contributed by atoms with Crippen LogP contribution in [0.3, 0.4) is 0 Å². The molecule has 1 aliphatic carbocycles. The summed E-state index contributed by atoms with van der Waals surface area (Å²) < 4.78 is 25.3. The van der Waals surface area contributed by atoms with Crippen molar-refractivity contribution in [2.45, 2.75) is 90.5 Å². The Morgan fingerprint density at radius 3 is 2.39 bits per heavy atom. The van der Waals surface area contributed by atoms with Gasteiger partial charge in [0.05, 0.1) is 5.41 Å². The van der Waals surface area contributed by atoms with Gasteiger partial charge in [-0.2, -0.15) is 0 Å². The standard InChI is InChI=1S/C23H34O7Si/c1-8-31(9-2,10-3)29-17-21(13-24)15(4)11-12-22(21)19(6)14-27-18(26)20(19,7)23(17,30-22)28-16(5)25/h11,13,17H,8-10,12,14H2,1-7H3/t17?,19-,20?,21?,22+,23?/m1/s1. The van der Waals surface area contributed by atoms with Gasteiger partial charge in [-0.15, -0.1) is 0 Å². The van der Waals surface area contributed by atoms with Crippen LogP contribution >= 0.6 is 0 Å². The molecule has 6 atom stereocenters. The van der Waals surface area contributed by atoms with Crippen molar-refractivity contribution in [3.63, 3.8) is 0 Å². The fourth-order valence-electron chi connectivity index (χ4n) is 7.10. The molecule has 4 unspecified atom stereocenters. The molecule has 0 N–H and O–H groups in total. The lowest BCUT2D eigenvalue weighted by molar-refractivity contribution is -0.269. The van der Waals surface area contributed by atoms with Crippen LogP contribution in [0.2, 0.25) is 18.1 Å². The first kappa shape index (κ1) is 22.7. The fraction of sp³-hybridized carbons (Fsp3) is 0.783. The van der Waals surface area contributed by atoms with Crippen LogP contribution in [0, 0.1) is 16.2 Å². The van der Waals surface area contributed by atoms with Crippen molar-refractivity contribution in [1.82, 2.24) is 0 Å². The first-order valence-electron chi connectivity index (χ1n) is 11.3. The van der Waals surface area contributed by atoms with Gasteiger partial charge in [-0.3, -0.25) is 9.59 Å². The fourth-order valence-corrected chi connectivity index (χ4v) is 9.94. The van der Waals surface area contributed by atoms with E-state index >= 15 is 0 Å². The van der Waals surface area contributed by atoms with Crippen LogP contribution in [0.1, 0.15) is 54.9 Å². The molecule has 8 heteroatoms. The second-order valence-corrected chi connectivity index (χ2v) is 14.8. The average Bonchev–Trinajstić information content (AvgIpc) is 3.32. The number of carbonyl (C=O) groups is 3. The van der Waals surface area contributed by atoms with Crippen molar-refractivity contribution < 1.29 is 33.0 Å². The first-order chi connectivity index (χ1) is 14.5. The Kier molecular flexibility index (Phi) is 4.76. The van der Waals surface area contributed by atoms with E-state index in [2.05, 4.69) is 20.8 Å². The summed E-state index contributed by atoms with van der Waals surface area (Å²) in [5.41, 5.74) is -3.55. The van der Waals surface area contributed by atoms with Gasteiger partial charge in [0.15, 0.2) is 8.32 Å². The highest BCUT2D eigenvalue weighted by molar-refractivity contribution is 6.73. The monoisotopic (exact) mass is 450 g/mol.